The predicted molar refractivity (Wildman–Crippen MR) is 103 cm³/mol. The molecule has 0 bridgehead atoms. The van der Waals surface area contributed by atoms with E-state index < -0.39 is 22.0 Å². The molecule has 2 aromatic rings. The standard InChI is InChI=1S/C20H23NO6S/c1-14(2)19(20(22)27-13-15-6-4-3-5-7-15)21-28(23,24)16-8-9-17-18(12-16)26-11-10-25-17/h3-9,12,14,19,21H,10-11,13H2,1-2H3/t19-/m0/s1. The maximum absolute atomic E-state index is 12.8. The van der Waals surface area contributed by atoms with Crippen molar-refractivity contribution in [1.29, 1.82) is 0 Å². The van der Waals surface area contributed by atoms with Gasteiger partial charge in [-0.3, -0.25) is 4.79 Å². The molecule has 1 heterocycles. The van der Waals surface area contributed by atoms with Crippen molar-refractivity contribution in [3.05, 3.63) is 54.1 Å². The summed E-state index contributed by atoms with van der Waals surface area (Å²) in [7, 11) is -3.95. The summed E-state index contributed by atoms with van der Waals surface area (Å²) < 4.78 is 44.2. The molecule has 0 unspecified atom stereocenters. The number of ether oxygens (including phenoxy) is 3. The van der Waals surface area contributed by atoms with Gasteiger partial charge in [-0.15, -0.1) is 0 Å². The smallest absolute Gasteiger partial charge is 0.324 e. The lowest BCUT2D eigenvalue weighted by molar-refractivity contribution is -0.148. The molecular formula is C20H23NO6S. The number of carbonyl (C=O) groups is 1. The Morgan fingerprint density at radius 1 is 1.07 bits per heavy atom. The third-order valence-corrected chi connectivity index (χ3v) is 5.69. The maximum Gasteiger partial charge on any atom is 0.324 e. The SMILES string of the molecule is CC(C)[C@H](NS(=O)(=O)c1ccc2c(c1)OCCO2)C(=O)OCc1ccccc1. The van der Waals surface area contributed by atoms with Gasteiger partial charge >= 0.3 is 5.97 Å². The summed E-state index contributed by atoms with van der Waals surface area (Å²) in [5.41, 5.74) is 0.827. The highest BCUT2D eigenvalue weighted by molar-refractivity contribution is 7.89. The minimum atomic E-state index is -3.95. The largest absolute Gasteiger partial charge is 0.486 e. The second-order valence-electron chi connectivity index (χ2n) is 6.74. The molecule has 1 N–H and O–H groups in total. The average molecular weight is 405 g/mol. The van der Waals surface area contributed by atoms with Crippen LogP contribution in [0.3, 0.4) is 0 Å². The van der Waals surface area contributed by atoms with Crippen molar-refractivity contribution in [3.63, 3.8) is 0 Å². The van der Waals surface area contributed by atoms with E-state index in [1.54, 1.807) is 19.9 Å². The van der Waals surface area contributed by atoms with Gasteiger partial charge in [0.1, 0.15) is 25.9 Å². The molecule has 0 aliphatic carbocycles. The zero-order valence-electron chi connectivity index (χ0n) is 15.8. The Bertz CT molecular complexity index is 927. The van der Waals surface area contributed by atoms with Crippen LogP contribution in [-0.2, 0) is 26.2 Å². The van der Waals surface area contributed by atoms with E-state index in [1.165, 1.54) is 12.1 Å². The van der Waals surface area contributed by atoms with Gasteiger partial charge in [-0.1, -0.05) is 44.2 Å². The van der Waals surface area contributed by atoms with E-state index in [2.05, 4.69) is 4.72 Å². The van der Waals surface area contributed by atoms with Crippen LogP contribution in [0.2, 0.25) is 0 Å². The number of hydrogen-bond acceptors (Lipinski definition) is 6. The summed E-state index contributed by atoms with van der Waals surface area (Å²) in [6.07, 6.45) is 0. The van der Waals surface area contributed by atoms with Crippen molar-refractivity contribution in [2.45, 2.75) is 31.4 Å². The number of carbonyl (C=O) groups excluding carboxylic acids is 1. The topological polar surface area (TPSA) is 90.9 Å². The molecule has 28 heavy (non-hydrogen) atoms. The van der Waals surface area contributed by atoms with Crippen LogP contribution in [-0.4, -0.2) is 33.6 Å². The summed E-state index contributed by atoms with van der Waals surface area (Å²) in [5.74, 6) is -0.0648. The molecule has 0 saturated heterocycles. The number of sulfonamides is 1. The Labute approximate surface area is 164 Å². The van der Waals surface area contributed by atoms with Gasteiger partial charge in [0.15, 0.2) is 11.5 Å². The van der Waals surface area contributed by atoms with E-state index in [1.807, 2.05) is 30.3 Å². The Morgan fingerprint density at radius 2 is 1.75 bits per heavy atom. The van der Waals surface area contributed by atoms with Crippen LogP contribution in [0.15, 0.2) is 53.4 Å². The first-order valence-electron chi connectivity index (χ1n) is 8.99. The van der Waals surface area contributed by atoms with Crippen LogP contribution in [0.4, 0.5) is 0 Å². The van der Waals surface area contributed by atoms with Gasteiger partial charge in [0.25, 0.3) is 0 Å². The fraction of sp³-hybridized carbons (Fsp3) is 0.350. The number of nitrogens with one attached hydrogen (secondary N) is 1. The van der Waals surface area contributed by atoms with Gasteiger partial charge in [0.05, 0.1) is 4.90 Å². The molecule has 0 fully saturated rings. The Balaban J connectivity index is 1.72. The van der Waals surface area contributed by atoms with Crippen molar-refractivity contribution < 1.29 is 27.4 Å². The minimum absolute atomic E-state index is 0.00161. The Morgan fingerprint density at radius 3 is 2.43 bits per heavy atom. The summed E-state index contributed by atoms with van der Waals surface area (Å²) >= 11 is 0. The molecule has 0 amide bonds. The van der Waals surface area contributed by atoms with Crippen LogP contribution in [0.25, 0.3) is 0 Å². The van der Waals surface area contributed by atoms with Gasteiger partial charge in [0, 0.05) is 6.07 Å². The zero-order valence-corrected chi connectivity index (χ0v) is 16.6. The van der Waals surface area contributed by atoms with E-state index in [4.69, 9.17) is 14.2 Å². The summed E-state index contributed by atoms with van der Waals surface area (Å²) in [5, 5.41) is 0. The van der Waals surface area contributed by atoms with Crippen molar-refractivity contribution >= 4 is 16.0 Å². The van der Waals surface area contributed by atoms with Crippen LogP contribution < -0.4 is 14.2 Å². The van der Waals surface area contributed by atoms with Crippen molar-refractivity contribution in [1.82, 2.24) is 4.72 Å². The highest BCUT2D eigenvalue weighted by atomic mass is 32.2. The summed E-state index contributed by atoms with van der Waals surface area (Å²) in [4.78, 5) is 12.5. The third-order valence-electron chi connectivity index (χ3n) is 4.25. The minimum Gasteiger partial charge on any atom is -0.486 e. The molecule has 1 aliphatic heterocycles. The molecule has 2 aromatic carbocycles. The fourth-order valence-electron chi connectivity index (χ4n) is 2.70. The molecule has 150 valence electrons. The molecule has 1 atom stereocenters. The van der Waals surface area contributed by atoms with Crippen LogP contribution in [0.5, 0.6) is 11.5 Å². The van der Waals surface area contributed by atoms with Crippen molar-refractivity contribution in [2.75, 3.05) is 13.2 Å². The van der Waals surface area contributed by atoms with Crippen LogP contribution in [0.1, 0.15) is 19.4 Å². The van der Waals surface area contributed by atoms with Crippen molar-refractivity contribution in [3.8, 4) is 11.5 Å². The summed E-state index contributed by atoms with van der Waals surface area (Å²) in [6.45, 7) is 4.35. The van der Waals surface area contributed by atoms with E-state index in [-0.39, 0.29) is 17.4 Å². The average Bonchev–Trinajstić information content (AvgIpc) is 2.70. The van der Waals surface area contributed by atoms with E-state index in [9.17, 15) is 13.2 Å². The van der Waals surface area contributed by atoms with Crippen molar-refractivity contribution in [2.24, 2.45) is 5.92 Å². The molecule has 3 rings (SSSR count). The third kappa shape index (κ3) is 4.82. The number of esters is 1. The number of rotatable bonds is 7. The molecule has 0 spiro atoms. The monoisotopic (exact) mass is 405 g/mol. The van der Waals surface area contributed by atoms with E-state index in [0.29, 0.717) is 24.7 Å². The van der Waals surface area contributed by atoms with Crippen LogP contribution in [0, 0.1) is 5.92 Å². The second-order valence-corrected chi connectivity index (χ2v) is 8.46. The summed E-state index contributed by atoms with van der Waals surface area (Å²) in [6, 6.07) is 12.5. The highest BCUT2D eigenvalue weighted by Gasteiger charge is 2.30. The first kappa shape index (κ1) is 20.2. The molecule has 7 nitrogen and oxygen atoms in total. The quantitative estimate of drug-likeness (QED) is 0.712. The Hall–Kier alpha value is -2.58. The normalized spacial score (nSPS) is 14.5. The first-order valence-corrected chi connectivity index (χ1v) is 10.5. The lowest BCUT2D eigenvalue weighted by Crippen LogP contribution is -2.45. The van der Waals surface area contributed by atoms with E-state index >= 15 is 0 Å². The fourth-order valence-corrected chi connectivity index (χ4v) is 4.05. The number of hydrogen-bond donors (Lipinski definition) is 1. The van der Waals surface area contributed by atoms with Gasteiger partial charge in [0.2, 0.25) is 10.0 Å². The molecule has 0 saturated carbocycles. The van der Waals surface area contributed by atoms with Gasteiger partial charge in [-0.05, 0) is 23.6 Å². The lowest BCUT2D eigenvalue weighted by atomic mass is 10.1. The predicted octanol–water partition coefficient (Wildman–Crippen LogP) is 2.50. The van der Waals surface area contributed by atoms with Gasteiger partial charge < -0.3 is 14.2 Å². The Kier molecular flexibility index (Phi) is 6.21. The van der Waals surface area contributed by atoms with Crippen LogP contribution >= 0.6 is 0 Å². The van der Waals surface area contributed by atoms with E-state index in [0.717, 1.165) is 5.56 Å². The maximum atomic E-state index is 12.8. The molecular weight excluding hydrogens is 382 g/mol. The molecule has 8 heteroatoms. The van der Waals surface area contributed by atoms with Gasteiger partial charge in [-0.25, -0.2) is 8.42 Å². The number of benzene rings is 2. The number of fused-ring (bicyclic) bond motifs is 1. The molecule has 0 aromatic heterocycles. The zero-order chi connectivity index (χ0) is 20.1. The van der Waals surface area contributed by atoms with Gasteiger partial charge in [-0.2, -0.15) is 4.72 Å². The lowest BCUT2D eigenvalue weighted by Gasteiger charge is -2.22. The second kappa shape index (κ2) is 8.62. The first-order chi connectivity index (χ1) is 13.4. The molecule has 1 aliphatic rings. The molecule has 0 radical (unpaired) electrons. The highest BCUT2D eigenvalue weighted by Crippen LogP contribution is 2.32.